The standard InChI is InChI=1S/C23H27BrN2O4/c1-25(15-16-30-21-9-7-20(29-2)8-10-21)22(27)18-11-13-26(14-12-18)23(28)17-3-5-19(24)6-4-17/h3-10,18H,11-16H2,1-2H3. The van der Waals surface area contributed by atoms with E-state index in [0.717, 1.165) is 16.0 Å². The van der Waals surface area contributed by atoms with Gasteiger partial charge in [-0.3, -0.25) is 9.59 Å². The lowest BCUT2D eigenvalue weighted by Gasteiger charge is -2.33. The van der Waals surface area contributed by atoms with Gasteiger partial charge in [0.2, 0.25) is 5.91 Å². The average Bonchev–Trinajstić information content (AvgIpc) is 2.79. The minimum atomic E-state index is -0.0510. The number of carbonyl (C=O) groups excluding carboxylic acids is 2. The average molecular weight is 475 g/mol. The number of rotatable bonds is 7. The lowest BCUT2D eigenvalue weighted by molar-refractivity contribution is -0.135. The maximum absolute atomic E-state index is 12.8. The molecule has 30 heavy (non-hydrogen) atoms. The predicted molar refractivity (Wildman–Crippen MR) is 119 cm³/mol. The van der Waals surface area contributed by atoms with Crippen molar-refractivity contribution in [3.05, 3.63) is 58.6 Å². The number of hydrogen-bond donors (Lipinski definition) is 0. The molecule has 2 amide bonds. The molecule has 0 aliphatic carbocycles. The Morgan fingerprint density at radius 3 is 2.23 bits per heavy atom. The van der Waals surface area contributed by atoms with Crippen LogP contribution in [0.3, 0.4) is 0 Å². The van der Waals surface area contributed by atoms with Crippen molar-refractivity contribution >= 4 is 27.7 Å². The summed E-state index contributed by atoms with van der Waals surface area (Å²) < 4.78 is 11.8. The minimum Gasteiger partial charge on any atom is -0.497 e. The van der Waals surface area contributed by atoms with Crippen LogP contribution in [0.4, 0.5) is 0 Å². The van der Waals surface area contributed by atoms with Gasteiger partial charge >= 0.3 is 0 Å². The van der Waals surface area contributed by atoms with Crippen LogP contribution in [-0.2, 0) is 4.79 Å². The smallest absolute Gasteiger partial charge is 0.253 e. The van der Waals surface area contributed by atoms with E-state index < -0.39 is 0 Å². The van der Waals surface area contributed by atoms with Gasteiger partial charge in [0.15, 0.2) is 0 Å². The first-order chi connectivity index (χ1) is 14.5. The quantitative estimate of drug-likeness (QED) is 0.611. The Hall–Kier alpha value is -2.54. The highest BCUT2D eigenvalue weighted by Gasteiger charge is 2.29. The van der Waals surface area contributed by atoms with Crippen LogP contribution in [0.1, 0.15) is 23.2 Å². The van der Waals surface area contributed by atoms with E-state index in [9.17, 15) is 9.59 Å². The summed E-state index contributed by atoms with van der Waals surface area (Å²) in [6.45, 7) is 2.14. The van der Waals surface area contributed by atoms with Gasteiger partial charge in [-0.2, -0.15) is 0 Å². The Bertz CT molecular complexity index is 847. The van der Waals surface area contributed by atoms with Crippen molar-refractivity contribution in [2.45, 2.75) is 12.8 Å². The molecule has 0 radical (unpaired) electrons. The van der Waals surface area contributed by atoms with Crippen LogP contribution < -0.4 is 9.47 Å². The van der Waals surface area contributed by atoms with Crippen molar-refractivity contribution in [3.8, 4) is 11.5 Å². The zero-order chi connectivity index (χ0) is 21.5. The van der Waals surface area contributed by atoms with Gasteiger partial charge in [-0.15, -0.1) is 0 Å². The summed E-state index contributed by atoms with van der Waals surface area (Å²) in [6, 6.07) is 14.7. The number of hydrogen-bond acceptors (Lipinski definition) is 4. The lowest BCUT2D eigenvalue weighted by Crippen LogP contribution is -2.44. The molecule has 6 nitrogen and oxygen atoms in total. The molecule has 1 heterocycles. The molecule has 0 bridgehead atoms. The molecule has 0 unspecified atom stereocenters. The van der Waals surface area contributed by atoms with Crippen molar-refractivity contribution in [2.75, 3.05) is 40.4 Å². The predicted octanol–water partition coefficient (Wildman–Crippen LogP) is 3.85. The Morgan fingerprint density at radius 1 is 1.03 bits per heavy atom. The Labute approximate surface area is 185 Å². The third-order valence-electron chi connectivity index (χ3n) is 5.35. The second-order valence-corrected chi connectivity index (χ2v) is 8.27. The van der Waals surface area contributed by atoms with Gasteiger partial charge < -0.3 is 19.3 Å². The van der Waals surface area contributed by atoms with Crippen LogP contribution >= 0.6 is 15.9 Å². The topological polar surface area (TPSA) is 59.1 Å². The molecule has 0 saturated carbocycles. The zero-order valence-electron chi connectivity index (χ0n) is 17.3. The maximum atomic E-state index is 12.8. The summed E-state index contributed by atoms with van der Waals surface area (Å²) in [6.07, 6.45) is 1.37. The van der Waals surface area contributed by atoms with Crippen molar-refractivity contribution in [1.29, 1.82) is 0 Å². The number of nitrogens with zero attached hydrogens (tertiary/aromatic N) is 2. The molecule has 2 aromatic rings. The molecule has 1 aliphatic rings. The monoisotopic (exact) mass is 474 g/mol. The second-order valence-electron chi connectivity index (χ2n) is 7.36. The fraction of sp³-hybridized carbons (Fsp3) is 0.391. The van der Waals surface area contributed by atoms with Gasteiger partial charge in [0.1, 0.15) is 18.1 Å². The van der Waals surface area contributed by atoms with Gasteiger partial charge in [0.25, 0.3) is 5.91 Å². The highest BCUT2D eigenvalue weighted by Crippen LogP contribution is 2.22. The number of likely N-dealkylation sites (N-methyl/N-ethyl adjacent to an activating group) is 1. The first-order valence-electron chi connectivity index (χ1n) is 10.0. The third-order valence-corrected chi connectivity index (χ3v) is 5.88. The molecular formula is C23H27BrN2O4. The summed E-state index contributed by atoms with van der Waals surface area (Å²) >= 11 is 3.38. The number of amides is 2. The number of carbonyl (C=O) groups is 2. The molecule has 0 N–H and O–H groups in total. The maximum Gasteiger partial charge on any atom is 0.253 e. The van der Waals surface area contributed by atoms with Crippen molar-refractivity contribution in [3.63, 3.8) is 0 Å². The number of piperidine rings is 1. The number of benzene rings is 2. The molecule has 7 heteroatoms. The molecule has 3 rings (SSSR count). The van der Waals surface area contributed by atoms with Crippen LogP contribution in [0.15, 0.2) is 53.0 Å². The molecule has 0 atom stereocenters. The lowest BCUT2D eigenvalue weighted by atomic mass is 9.95. The van der Waals surface area contributed by atoms with Gasteiger partial charge in [0, 0.05) is 36.1 Å². The SMILES string of the molecule is COc1ccc(OCCN(C)C(=O)C2CCN(C(=O)c3ccc(Br)cc3)CC2)cc1. The summed E-state index contributed by atoms with van der Waals surface area (Å²) in [5.41, 5.74) is 0.677. The molecular weight excluding hydrogens is 448 g/mol. The van der Waals surface area contributed by atoms with E-state index in [-0.39, 0.29) is 17.7 Å². The first-order valence-corrected chi connectivity index (χ1v) is 10.8. The molecule has 0 spiro atoms. The van der Waals surface area contributed by atoms with Gasteiger partial charge in [-0.1, -0.05) is 15.9 Å². The second kappa shape index (κ2) is 10.5. The van der Waals surface area contributed by atoms with E-state index in [1.807, 2.05) is 53.4 Å². The Balaban J connectivity index is 1.42. The normalized spacial score (nSPS) is 14.3. The van der Waals surface area contributed by atoms with E-state index in [2.05, 4.69) is 15.9 Å². The summed E-state index contributed by atoms with van der Waals surface area (Å²) in [5, 5.41) is 0. The fourth-order valence-electron chi connectivity index (χ4n) is 3.50. The molecule has 0 aromatic heterocycles. The van der Waals surface area contributed by atoms with E-state index >= 15 is 0 Å². The highest BCUT2D eigenvalue weighted by atomic mass is 79.9. The number of halogens is 1. The molecule has 160 valence electrons. The molecule has 2 aromatic carbocycles. The van der Waals surface area contributed by atoms with Crippen LogP contribution in [-0.4, -0.2) is 62.0 Å². The Kier molecular flexibility index (Phi) is 7.74. The Morgan fingerprint density at radius 2 is 1.63 bits per heavy atom. The minimum absolute atomic E-state index is 0.0228. The zero-order valence-corrected chi connectivity index (χ0v) is 18.9. The third kappa shape index (κ3) is 5.75. The van der Waals surface area contributed by atoms with Crippen molar-refractivity contribution in [1.82, 2.24) is 9.80 Å². The van der Waals surface area contributed by atoms with Crippen LogP contribution in [0, 0.1) is 5.92 Å². The van der Waals surface area contributed by atoms with Crippen molar-refractivity contribution < 1.29 is 19.1 Å². The summed E-state index contributed by atoms with van der Waals surface area (Å²) in [7, 11) is 3.43. The molecule has 1 fully saturated rings. The van der Waals surface area contributed by atoms with E-state index in [4.69, 9.17) is 9.47 Å². The summed E-state index contributed by atoms with van der Waals surface area (Å²) in [4.78, 5) is 28.9. The van der Waals surface area contributed by atoms with E-state index in [1.54, 1.807) is 19.1 Å². The number of likely N-dealkylation sites (tertiary alicyclic amines) is 1. The largest absolute Gasteiger partial charge is 0.497 e. The molecule has 1 saturated heterocycles. The van der Waals surface area contributed by atoms with Crippen LogP contribution in [0.25, 0.3) is 0 Å². The van der Waals surface area contributed by atoms with E-state index in [0.29, 0.717) is 44.6 Å². The van der Waals surface area contributed by atoms with Gasteiger partial charge in [0.05, 0.1) is 13.7 Å². The summed E-state index contributed by atoms with van der Waals surface area (Å²) in [5.74, 6) is 1.61. The number of methoxy groups -OCH3 is 1. The van der Waals surface area contributed by atoms with Crippen LogP contribution in [0.5, 0.6) is 11.5 Å². The van der Waals surface area contributed by atoms with E-state index in [1.165, 1.54) is 0 Å². The highest BCUT2D eigenvalue weighted by molar-refractivity contribution is 9.10. The van der Waals surface area contributed by atoms with Gasteiger partial charge in [-0.25, -0.2) is 0 Å². The van der Waals surface area contributed by atoms with Gasteiger partial charge in [-0.05, 0) is 61.4 Å². The fourth-order valence-corrected chi connectivity index (χ4v) is 3.76. The van der Waals surface area contributed by atoms with Crippen LogP contribution in [0.2, 0.25) is 0 Å². The first kappa shape index (κ1) is 22.2. The number of ether oxygens (including phenoxy) is 2. The molecule has 1 aliphatic heterocycles. The van der Waals surface area contributed by atoms with Crippen molar-refractivity contribution in [2.24, 2.45) is 5.92 Å².